The minimum Gasteiger partial charge on any atom is -0.355 e. The van der Waals surface area contributed by atoms with Gasteiger partial charge in [-0.1, -0.05) is 19.3 Å². The molecule has 0 aromatic carbocycles. The number of halogens is 2. The van der Waals surface area contributed by atoms with Crippen LogP contribution in [-0.4, -0.2) is 49.6 Å². The van der Waals surface area contributed by atoms with Crippen LogP contribution in [0.5, 0.6) is 0 Å². The third kappa shape index (κ3) is 6.17. The molecule has 1 unspecified atom stereocenters. The second-order valence-corrected chi connectivity index (χ2v) is 5.69. The molecule has 2 fully saturated rings. The van der Waals surface area contributed by atoms with Crippen molar-refractivity contribution in [2.24, 2.45) is 5.92 Å². The lowest BCUT2D eigenvalue weighted by molar-refractivity contribution is -0.119. The predicted octanol–water partition coefficient (Wildman–Crippen LogP) is 1.82. The normalized spacial score (nSPS) is 22.2. The van der Waals surface area contributed by atoms with Gasteiger partial charge in [0.1, 0.15) is 0 Å². The van der Waals surface area contributed by atoms with Crippen molar-refractivity contribution < 1.29 is 4.79 Å². The first-order valence-corrected chi connectivity index (χ1v) is 7.46. The summed E-state index contributed by atoms with van der Waals surface area (Å²) in [5.74, 6) is 0.884. The Kier molecular flexibility index (Phi) is 10.6. The number of rotatable bonds is 4. The minimum atomic E-state index is 0. The first kappa shape index (κ1) is 20.0. The largest absolute Gasteiger partial charge is 0.355 e. The molecule has 4 nitrogen and oxygen atoms in total. The lowest BCUT2D eigenvalue weighted by atomic mass is 9.83. The molecule has 1 saturated carbocycles. The van der Waals surface area contributed by atoms with Crippen LogP contribution in [0.1, 0.15) is 39.0 Å². The van der Waals surface area contributed by atoms with E-state index in [4.69, 9.17) is 0 Å². The molecule has 1 heterocycles. The van der Waals surface area contributed by atoms with Crippen LogP contribution >= 0.6 is 24.8 Å². The average molecular weight is 326 g/mol. The maximum absolute atomic E-state index is 11.2. The molecule has 0 radical (unpaired) electrons. The highest BCUT2D eigenvalue weighted by Crippen LogP contribution is 2.29. The van der Waals surface area contributed by atoms with E-state index in [9.17, 15) is 4.79 Å². The quantitative estimate of drug-likeness (QED) is 0.828. The highest BCUT2D eigenvalue weighted by Gasteiger charge is 2.29. The van der Waals surface area contributed by atoms with E-state index in [2.05, 4.69) is 15.5 Å². The summed E-state index contributed by atoms with van der Waals surface area (Å²) in [5, 5.41) is 6.45. The van der Waals surface area contributed by atoms with Crippen LogP contribution in [0.3, 0.4) is 0 Å². The maximum atomic E-state index is 11.2. The molecule has 1 saturated heterocycles. The van der Waals surface area contributed by atoms with Crippen molar-refractivity contribution in [2.45, 2.75) is 45.1 Å². The van der Waals surface area contributed by atoms with Gasteiger partial charge in [-0.15, -0.1) is 24.8 Å². The molecule has 2 aliphatic rings. The van der Waals surface area contributed by atoms with Crippen LogP contribution in [-0.2, 0) is 4.79 Å². The molecular formula is C14H29Cl2N3O. The summed E-state index contributed by atoms with van der Waals surface area (Å²) >= 11 is 0. The highest BCUT2D eigenvalue weighted by atomic mass is 35.5. The zero-order chi connectivity index (χ0) is 12.8. The van der Waals surface area contributed by atoms with Crippen molar-refractivity contribution >= 4 is 30.7 Å². The standard InChI is InChI=1S/C14H27N3O.2ClH/c1-12(18)16-11-14(13-5-3-2-4-6-13)17-9-7-15-8-10-17;;/h13-15H,2-11H2,1H3,(H,16,18);2*1H. The first-order valence-electron chi connectivity index (χ1n) is 7.46. The van der Waals surface area contributed by atoms with Crippen LogP contribution < -0.4 is 10.6 Å². The number of carbonyl (C=O) groups is 1. The van der Waals surface area contributed by atoms with Crippen LogP contribution in [0.2, 0.25) is 0 Å². The number of nitrogens with one attached hydrogen (secondary N) is 2. The Balaban J connectivity index is 0.00000180. The highest BCUT2D eigenvalue weighted by molar-refractivity contribution is 5.85. The molecule has 1 aliphatic heterocycles. The van der Waals surface area contributed by atoms with E-state index in [0.717, 1.165) is 38.6 Å². The van der Waals surface area contributed by atoms with E-state index in [1.54, 1.807) is 6.92 Å². The zero-order valence-corrected chi connectivity index (χ0v) is 14.0. The van der Waals surface area contributed by atoms with Crippen LogP contribution in [0.25, 0.3) is 0 Å². The van der Waals surface area contributed by atoms with Gasteiger partial charge in [0.15, 0.2) is 0 Å². The monoisotopic (exact) mass is 325 g/mol. The van der Waals surface area contributed by atoms with Gasteiger partial charge in [-0.25, -0.2) is 0 Å². The van der Waals surface area contributed by atoms with Crippen molar-refractivity contribution in [2.75, 3.05) is 32.7 Å². The topological polar surface area (TPSA) is 44.4 Å². The molecule has 0 spiro atoms. The molecule has 0 bridgehead atoms. The first-order chi connectivity index (χ1) is 8.77. The van der Waals surface area contributed by atoms with Crippen molar-refractivity contribution in [3.63, 3.8) is 0 Å². The van der Waals surface area contributed by atoms with Gasteiger partial charge in [-0.3, -0.25) is 9.69 Å². The Morgan fingerprint density at radius 1 is 1.20 bits per heavy atom. The zero-order valence-electron chi connectivity index (χ0n) is 12.4. The van der Waals surface area contributed by atoms with E-state index in [1.165, 1.54) is 32.1 Å². The Morgan fingerprint density at radius 3 is 2.35 bits per heavy atom. The summed E-state index contributed by atoms with van der Waals surface area (Å²) in [5.41, 5.74) is 0. The molecule has 1 atom stereocenters. The Labute approximate surface area is 135 Å². The molecule has 2 rings (SSSR count). The summed E-state index contributed by atoms with van der Waals surface area (Å²) in [6, 6.07) is 0.552. The number of carbonyl (C=O) groups excluding carboxylic acids is 1. The molecule has 0 aromatic heterocycles. The molecule has 1 aliphatic carbocycles. The van der Waals surface area contributed by atoms with Crippen molar-refractivity contribution in [1.29, 1.82) is 0 Å². The van der Waals surface area contributed by atoms with Crippen molar-refractivity contribution in [3.8, 4) is 0 Å². The average Bonchev–Trinajstić information content (AvgIpc) is 2.41. The summed E-state index contributed by atoms with van der Waals surface area (Å²) < 4.78 is 0. The van der Waals surface area contributed by atoms with Gasteiger partial charge in [-0.05, 0) is 18.8 Å². The van der Waals surface area contributed by atoms with E-state index < -0.39 is 0 Å². The molecule has 0 aromatic rings. The third-order valence-electron chi connectivity index (χ3n) is 4.37. The second kappa shape index (κ2) is 10.7. The fourth-order valence-electron chi connectivity index (χ4n) is 3.37. The molecule has 120 valence electrons. The van der Waals surface area contributed by atoms with Crippen molar-refractivity contribution in [1.82, 2.24) is 15.5 Å². The Bertz CT molecular complexity index is 249. The van der Waals surface area contributed by atoms with Crippen molar-refractivity contribution in [3.05, 3.63) is 0 Å². The molecule has 2 N–H and O–H groups in total. The van der Waals surface area contributed by atoms with Gasteiger partial charge >= 0.3 is 0 Å². The van der Waals surface area contributed by atoms with E-state index in [0.29, 0.717) is 6.04 Å². The fourth-order valence-corrected chi connectivity index (χ4v) is 3.37. The number of nitrogens with zero attached hydrogens (tertiary/aromatic N) is 1. The summed E-state index contributed by atoms with van der Waals surface area (Å²) in [7, 11) is 0. The van der Waals surface area contributed by atoms with Gasteiger partial charge in [-0.2, -0.15) is 0 Å². The SMILES string of the molecule is CC(=O)NCC(C1CCCCC1)N1CCNCC1.Cl.Cl. The van der Waals surface area contributed by atoms with Gasteiger partial charge < -0.3 is 10.6 Å². The Morgan fingerprint density at radius 2 is 1.80 bits per heavy atom. The molecule has 20 heavy (non-hydrogen) atoms. The van der Waals surface area contributed by atoms with Gasteiger partial charge in [0, 0.05) is 45.7 Å². The smallest absolute Gasteiger partial charge is 0.216 e. The number of piperazine rings is 1. The minimum absolute atomic E-state index is 0. The van der Waals surface area contributed by atoms with Gasteiger partial charge in [0.2, 0.25) is 5.91 Å². The number of hydrogen-bond acceptors (Lipinski definition) is 3. The number of amides is 1. The lowest BCUT2D eigenvalue weighted by Crippen LogP contribution is -2.54. The summed E-state index contributed by atoms with van der Waals surface area (Å²) in [6.45, 7) is 6.88. The van der Waals surface area contributed by atoms with Gasteiger partial charge in [0.25, 0.3) is 0 Å². The third-order valence-corrected chi connectivity index (χ3v) is 4.37. The molecule has 1 amide bonds. The van der Waals surface area contributed by atoms with Crippen LogP contribution in [0.15, 0.2) is 0 Å². The summed E-state index contributed by atoms with van der Waals surface area (Å²) in [6.07, 6.45) is 6.81. The second-order valence-electron chi connectivity index (χ2n) is 5.69. The van der Waals surface area contributed by atoms with E-state index in [-0.39, 0.29) is 30.7 Å². The molecule has 6 heteroatoms. The Hall–Kier alpha value is -0.0300. The van der Waals surface area contributed by atoms with E-state index in [1.807, 2.05) is 0 Å². The van der Waals surface area contributed by atoms with Gasteiger partial charge in [0.05, 0.1) is 0 Å². The van der Waals surface area contributed by atoms with Crippen LogP contribution in [0.4, 0.5) is 0 Å². The molecular weight excluding hydrogens is 297 g/mol. The predicted molar refractivity (Wildman–Crippen MR) is 88.0 cm³/mol. The number of hydrogen-bond donors (Lipinski definition) is 2. The van der Waals surface area contributed by atoms with E-state index >= 15 is 0 Å². The van der Waals surface area contributed by atoms with Crippen LogP contribution in [0, 0.1) is 5.92 Å². The lowest BCUT2D eigenvalue weighted by Gasteiger charge is -2.41. The summed E-state index contributed by atoms with van der Waals surface area (Å²) in [4.78, 5) is 13.8. The maximum Gasteiger partial charge on any atom is 0.216 e. The fraction of sp³-hybridized carbons (Fsp3) is 0.929.